The average Bonchev–Trinajstić information content (AvgIpc) is 3.43. The smallest absolute Gasteiger partial charge is 0.270 e. The van der Waals surface area contributed by atoms with E-state index >= 15 is 0 Å². The third kappa shape index (κ3) is 4.56. The predicted molar refractivity (Wildman–Crippen MR) is 107 cm³/mol. The summed E-state index contributed by atoms with van der Waals surface area (Å²) in [6.07, 6.45) is 2.53. The molecule has 2 aromatic rings. The molecule has 6 nitrogen and oxygen atoms in total. The topological polar surface area (TPSA) is 78.1 Å². The number of hydrogen-bond donors (Lipinski definition) is 2. The number of aromatic nitrogens is 2. The molecule has 0 radical (unpaired) electrons. The third-order valence-corrected chi connectivity index (χ3v) is 4.85. The van der Waals surface area contributed by atoms with Crippen molar-refractivity contribution in [3.63, 3.8) is 0 Å². The maximum atomic E-state index is 12.8. The van der Waals surface area contributed by atoms with Gasteiger partial charge in [-0.05, 0) is 35.3 Å². The van der Waals surface area contributed by atoms with Crippen LogP contribution in [0.4, 0.5) is 5.95 Å². The molecular formula is C21H28N4O2. The molecule has 0 bridgehead atoms. The van der Waals surface area contributed by atoms with Gasteiger partial charge in [0.1, 0.15) is 5.69 Å². The molecule has 0 saturated heterocycles. The van der Waals surface area contributed by atoms with Crippen molar-refractivity contribution in [1.82, 2.24) is 15.3 Å². The average molecular weight is 368 g/mol. The molecule has 1 aliphatic carbocycles. The van der Waals surface area contributed by atoms with E-state index in [1.807, 2.05) is 0 Å². The van der Waals surface area contributed by atoms with Crippen LogP contribution in [0.5, 0.6) is 0 Å². The van der Waals surface area contributed by atoms with Gasteiger partial charge in [-0.25, -0.2) is 4.98 Å². The zero-order valence-corrected chi connectivity index (χ0v) is 16.7. The first-order valence-electron chi connectivity index (χ1n) is 9.34. The fourth-order valence-corrected chi connectivity index (χ4v) is 3.16. The highest BCUT2D eigenvalue weighted by molar-refractivity contribution is 5.92. The van der Waals surface area contributed by atoms with Gasteiger partial charge in [0.25, 0.3) is 11.5 Å². The minimum absolute atomic E-state index is 0.117. The molecule has 1 unspecified atom stereocenters. The second-order valence-electron chi connectivity index (χ2n) is 8.56. The van der Waals surface area contributed by atoms with Gasteiger partial charge in [0.05, 0.1) is 6.04 Å². The fraction of sp³-hybridized carbons (Fsp3) is 0.476. The summed E-state index contributed by atoms with van der Waals surface area (Å²) >= 11 is 0. The molecule has 2 N–H and O–H groups in total. The van der Waals surface area contributed by atoms with E-state index in [1.54, 1.807) is 19.0 Å². The first-order valence-corrected chi connectivity index (χ1v) is 9.34. The Bertz CT molecular complexity index is 874. The molecule has 1 heterocycles. The van der Waals surface area contributed by atoms with Gasteiger partial charge in [-0.3, -0.25) is 14.6 Å². The number of amides is 1. The molecule has 1 aromatic carbocycles. The van der Waals surface area contributed by atoms with Gasteiger partial charge in [0.2, 0.25) is 5.95 Å². The number of benzene rings is 1. The highest BCUT2D eigenvalue weighted by atomic mass is 16.2. The maximum absolute atomic E-state index is 12.8. The summed E-state index contributed by atoms with van der Waals surface area (Å²) in [5.74, 6) is 0.704. The number of H-pyrrole nitrogens is 1. The van der Waals surface area contributed by atoms with Crippen molar-refractivity contribution >= 4 is 11.9 Å². The Morgan fingerprint density at radius 1 is 1.22 bits per heavy atom. The lowest BCUT2D eigenvalue weighted by Gasteiger charge is -2.32. The van der Waals surface area contributed by atoms with Crippen LogP contribution in [0.1, 0.15) is 67.2 Å². The Morgan fingerprint density at radius 3 is 2.37 bits per heavy atom. The molecule has 0 spiro atoms. The Balaban J connectivity index is 1.86. The lowest BCUT2D eigenvalue weighted by Crippen LogP contribution is -2.37. The number of carbonyl (C=O) groups excluding carboxylic acids is 1. The number of carbonyl (C=O) groups is 1. The molecular weight excluding hydrogens is 340 g/mol. The Kier molecular flexibility index (Phi) is 5.09. The van der Waals surface area contributed by atoms with Crippen molar-refractivity contribution in [1.29, 1.82) is 0 Å². The second-order valence-corrected chi connectivity index (χ2v) is 8.56. The minimum Gasteiger partial charge on any atom is -0.348 e. The first-order chi connectivity index (χ1) is 12.6. The largest absolute Gasteiger partial charge is 0.348 e. The van der Waals surface area contributed by atoms with Crippen LogP contribution in [-0.2, 0) is 0 Å². The number of aromatic amines is 1. The van der Waals surface area contributed by atoms with Gasteiger partial charge in [0, 0.05) is 20.2 Å². The molecule has 1 aliphatic rings. The van der Waals surface area contributed by atoms with Gasteiger partial charge in [-0.15, -0.1) is 0 Å². The van der Waals surface area contributed by atoms with Crippen molar-refractivity contribution in [2.75, 3.05) is 19.0 Å². The van der Waals surface area contributed by atoms with E-state index in [2.05, 4.69) is 60.3 Å². The van der Waals surface area contributed by atoms with Gasteiger partial charge < -0.3 is 10.2 Å². The molecule has 3 rings (SSSR count). The number of rotatable bonds is 5. The van der Waals surface area contributed by atoms with Crippen molar-refractivity contribution in [3.05, 3.63) is 57.5 Å². The predicted octanol–water partition coefficient (Wildman–Crippen LogP) is 3.23. The SMILES string of the molecule is CN(C)c1nc(C(=O)NC(c2ccc(C3CC3)cc2)C(C)(C)C)cc(=O)[nH]1. The molecule has 6 heteroatoms. The fourth-order valence-electron chi connectivity index (χ4n) is 3.16. The lowest BCUT2D eigenvalue weighted by molar-refractivity contribution is 0.0896. The summed E-state index contributed by atoms with van der Waals surface area (Å²) in [7, 11) is 3.53. The summed E-state index contributed by atoms with van der Waals surface area (Å²) < 4.78 is 0. The van der Waals surface area contributed by atoms with Crippen LogP contribution < -0.4 is 15.8 Å². The number of nitrogens with zero attached hydrogens (tertiary/aromatic N) is 2. The van der Waals surface area contributed by atoms with Gasteiger partial charge >= 0.3 is 0 Å². The molecule has 27 heavy (non-hydrogen) atoms. The lowest BCUT2D eigenvalue weighted by atomic mass is 9.82. The monoisotopic (exact) mass is 368 g/mol. The maximum Gasteiger partial charge on any atom is 0.270 e. The Hall–Kier alpha value is -2.63. The van der Waals surface area contributed by atoms with Crippen molar-refractivity contribution < 1.29 is 4.79 Å². The van der Waals surface area contributed by atoms with Gasteiger partial charge in [-0.2, -0.15) is 0 Å². The molecule has 1 amide bonds. The summed E-state index contributed by atoms with van der Waals surface area (Å²) in [6, 6.07) is 9.56. The molecule has 1 fully saturated rings. The van der Waals surface area contributed by atoms with E-state index in [0.717, 1.165) is 5.56 Å². The first kappa shape index (κ1) is 19.1. The van der Waals surface area contributed by atoms with E-state index in [0.29, 0.717) is 11.9 Å². The van der Waals surface area contributed by atoms with E-state index in [4.69, 9.17) is 0 Å². The zero-order valence-electron chi connectivity index (χ0n) is 16.7. The van der Waals surface area contributed by atoms with Crippen LogP contribution >= 0.6 is 0 Å². The Morgan fingerprint density at radius 2 is 1.85 bits per heavy atom. The van der Waals surface area contributed by atoms with Crippen molar-refractivity contribution in [2.45, 2.75) is 45.6 Å². The highest BCUT2D eigenvalue weighted by Crippen LogP contribution is 2.41. The standard InChI is InChI=1S/C21H28N4O2/c1-21(2,3)18(15-10-8-14(9-11-15)13-6-7-13)24-19(27)16-12-17(26)23-20(22-16)25(4)5/h8-13,18H,6-7H2,1-5H3,(H,24,27)(H,22,23,26). The third-order valence-electron chi connectivity index (χ3n) is 4.85. The normalized spacial score (nSPS) is 15.3. The van der Waals surface area contributed by atoms with Crippen LogP contribution in [0.25, 0.3) is 0 Å². The van der Waals surface area contributed by atoms with Crippen molar-refractivity contribution in [2.24, 2.45) is 5.41 Å². The van der Waals surface area contributed by atoms with E-state index < -0.39 is 0 Å². The summed E-state index contributed by atoms with van der Waals surface area (Å²) in [5, 5.41) is 3.07. The number of nitrogens with one attached hydrogen (secondary N) is 2. The Labute approximate surface area is 160 Å². The zero-order chi connectivity index (χ0) is 19.8. The van der Waals surface area contributed by atoms with Crippen LogP contribution in [0.2, 0.25) is 0 Å². The van der Waals surface area contributed by atoms with Crippen LogP contribution in [0, 0.1) is 5.41 Å². The summed E-state index contributed by atoms with van der Waals surface area (Å²) in [5.41, 5.74) is 2.00. The van der Waals surface area contributed by atoms with Crippen LogP contribution in [-0.4, -0.2) is 30.0 Å². The van der Waals surface area contributed by atoms with Crippen molar-refractivity contribution in [3.8, 4) is 0 Å². The van der Waals surface area contributed by atoms with E-state index in [9.17, 15) is 9.59 Å². The molecule has 1 saturated carbocycles. The molecule has 1 atom stereocenters. The molecule has 1 aromatic heterocycles. The quantitative estimate of drug-likeness (QED) is 0.849. The van der Waals surface area contributed by atoms with Crippen LogP contribution in [0.15, 0.2) is 35.1 Å². The second kappa shape index (κ2) is 7.18. The minimum atomic E-state index is -0.351. The van der Waals surface area contributed by atoms with E-state index in [-0.39, 0.29) is 28.6 Å². The number of hydrogen-bond acceptors (Lipinski definition) is 4. The molecule has 144 valence electrons. The van der Waals surface area contributed by atoms with Crippen LogP contribution in [0.3, 0.4) is 0 Å². The summed E-state index contributed by atoms with van der Waals surface area (Å²) in [6.45, 7) is 6.26. The summed E-state index contributed by atoms with van der Waals surface area (Å²) in [4.78, 5) is 33.3. The molecule has 0 aliphatic heterocycles. The highest BCUT2D eigenvalue weighted by Gasteiger charge is 2.30. The van der Waals surface area contributed by atoms with Gasteiger partial charge in [-0.1, -0.05) is 45.0 Å². The van der Waals surface area contributed by atoms with E-state index in [1.165, 1.54) is 24.5 Å². The number of anilines is 1. The van der Waals surface area contributed by atoms with Gasteiger partial charge in [0.15, 0.2) is 0 Å².